The van der Waals surface area contributed by atoms with E-state index >= 15 is 0 Å². The number of nitrogens with zero attached hydrogens (tertiary/aromatic N) is 1. The fraction of sp³-hybridized carbons (Fsp3) is 0.857. The molecule has 0 aromatic heterocycles. The predicted molar refractivity (Wildman–Crippen MR) is 113 cm³/mol. The van der Waals surface area contributed by atoms with Crippen molar-refractivity contribution in [2.75, 3.05) is 20.2 Å². The number of likely N-dealkylation sites (tertiary alicyclic amines) is 1. The van der Waals surface area contributed by atoms with Gasteiger partial charge in [0.05, 0.1) is 29.2 Å². The van der Waals surface area contributed by atoms with Crippen LogP contribution in [-0.2, 0) is 14.4 Å². The van der Waals surface area contributed by atoms with Crippen molar-refractivity contribution in [3.05, 3.63) is 0 Å². The summed E-state index contributed by atoms with van der Waals surface area (Å²) in [4.78, 5) is 41.4. The fourth-order valence-electron chi connectivity index (χ4n) is 5.51. The lowest BCUT2D eigenvalue weighted by Gasteiger charge is -2.39. The lowest BCUT2D eigenvalue weighted by atomic mass is 9.71. The van der Waals surface area contributed by atoms with Gasteiger partial charge in [-0.15, -0.1) is 11.8 Å². The summed E-state index contributed by atoms with van der Waals surface area (Å²) in [6.45, 7) is 6.50. The first-order valence-electron chi connectivity index (χ1n) is 11.0. The summed E-state index contributed by atoms with van der Waals surface area (Å²) < 4.78 is -0.573. The standard InChI is InChI=1S/C21H35N3O4S/c1-5-7-10-23-19(27)17-21-9-8-14(29-21)15(18(26)22-4)16(21)20(28)24(17)13(11-25)12(3)6-2/h12-17,25H,5-11H2,1-4H3,(H,22,26)(H,23,27)/t12-,13-,14+,15-,16-,17?,21?/m0/s1. The van der Waals surface area contributed by atoms with Gasteiger partial charge in [0, 0.05) is 18.8 Å². The Morgan fingerprint density at radius 2 is 2.07 bits per heavy atom. The zero-order valence-corrected chi connectivity index (χ0v) is 18.8. The number of carbonyl (C=O) groups is 3. The van der Waals surface area contributed by atoms with E-state index < -0.39 is 28.7 Å². The van der Waals surface area contributed by atoms with Crippen LogP contribution >= 0.6 is 11.8 Å². The summed E-state index contributed by atoms with van der Waals surface area (Å²) >= 11 is 1.67. The predicted octanol–water partition coefficient (Wildman–Crippen LogP) is 1.15. The van der Waals surface area contributed by atoms with Crippen LogP contribution in [0.3, 0.4) is 0 Å². The highest BCUT2D eigenvalue weighted by molar-refractivity contribution is 8.02. The van der Waals surface area contributed by atoms with Crippen molar-refractivity contribution in [3.63, 3.8) is 0 Å². The Kier molecular flexibility index (Phi) is 6.83. The molecular formula is C21H35N3O4S. The maximum absolute atomic E-state index is 13.7. The van der Waals surface area contributed by atoms with E-state index in [1.807, 2.05) is 13.8 Å². The molecule has 3 rings (SSSR count). The summed E-state index contributed by atoms with van der Waals surface area (Å²) in [5, 5.41) is 16.0. The SMILES string of the molecule is CCCCNC(=O)C1N([C@@H](CO)[C@@H](C)CC)C(=O)[C@@H]2[C@@H](C(=O)NC)[C@H]3CCC12S3. The van der Waals surface area contributed by atoms with Gasteiger partial charge in [0.15, 0.2) is 0 Å². The number of fused-ring (bicyclic) bond motifs is 1. The molecule has 3 aliphatic rings. The molecule has 3 N–H and O–H groups in total. The number of nitrogens with one attached hydrogen (secondary N) is 2. The van der Waals surface area contributed by atoms with E-state index in [2.05, 4.69) is 17.6 Å². The number of thioether (sulfide) groups is 1. The number of hydrogen-bond donors (Lipinski definition) is 3. The van der Waals surface area contributed by atoms with Gasteiger partial charge < -0.3 is 20.6 Å². The van der Waals surface area contributed by atoms with Gasteiger partial charge in [-0.25, -0.2) is 0 Å². The lowest BCUT2D eigenvalue weighted by molar-refractivity contribution is -0.143. The van der Waals surface area contributed by atoms with E-state index in [-0.39, 0.29) is 35.5 Å². The minimum Gasteiger partial charge on any atom is -0.394 e. The molecule has 7 nitrogen and oxygen atoms in total. The Morgan fingerprint density at radius 1 is 1.34 bits per heavy atom. The Bertz CT molecular complexity index is 660. The third-order valence-electron chi connectivity index (χ3n) is 7.21. The monoisotopic (exact) mass is 425 g/mol. The Balaban J connectivity index is 2.02. The van der Waals surface area contributed by atoms with Crippen molar-refractivity contribution in [1.29, 1.82) is 0 Å². The Morgan fingerprint density at radius 3 is 2.66 bits per heavy atom. The van der Waals surface area contributed by atoms with Gasteiger partial charge in [-0.05, 0) is 25.2 Å². The zero-order valence-electron chi connectivity index (χ0n) is 17.9. The molecule has 0 aromatic rings. The van der Waals surface area contributed by atoms with Gasteiger partial charge in [-0.2, -0.15) is 0 Å². The number of hydrogen-bond acceptors (Lipinski definition) is 5. The maximum Gasteiger partial charge on any atom is 0.244 e. The zero-order chi connectivity index (χ0) is 21.3. The van der Waals surface area contributed by atoms with E-state index in [0.717, 1.165) is 32.1 Å². The van der Waals surface area contributed by atoms with Crippen LogP contribution in [0.1, 0.15) is 52.9 Å². The van der Waals surface area contributed by atoms with Gasteiger partial charge in [0.2, 0.25) is 17.7 Å². The van der Waals surface area contributed by atoms with E-state index in [4.69, 9.17) is 0 Å². The molecule has 3 amide bonds. The second-order valence-corrected chi connectivity index (χ2v) is 10.3. The molecule has 8 heteroatoms. The first-order valence-corrected chi connectivity index (χ1v) is 11.9. The van der Waals surface area contributed by atoms with Crippen LogP contribution in [-0.4, -0.2) is 70.0 Å². The second-order valence-electron chi connectivity index (χ2n) is 8.70. The molecule has 0 aliphatic carbocycles. The highest BCUT2D eigenvalue weighted by atomic mass is 32.2. The molecular weight excluding hydrogens is 390 g/mol. The van der Waals surface area contributed by atoms with Gasteiger partial charge in [-0.3, -0.25) is 14.4 Å². The number of aliphatic hydroxyl groups is 1. The Hall–Kier alpha value is -1.28. The molecule has 1 spiro atoms. The normalized spacial score (nSPS) is 34.8. The lowest BCUT2D eigenvalue weighted by Crippen LogP contribution is -2.57. The van der Waals surface area contributed by atoms with Gasteiger partial charge in [0.1, 0.15) is 6.04 Å². The summed E-state index contributed by atoms with van der Waals surface area (Å²) in [6, 6.07) is -1.05. The number of amides is 3. The summed E-state index contributed by atoms with van der Waals surface area (Å²) in [6.07, 6.45) is 4.25. The van der Waals surface area contributed by atoms with Gasteiger partial charge in [0.25, 0.3) is 0 Å². The summed E-state index contributed by atoms with van der Waals surface area (Å²) in [5.74, 6) is -1.22. The van der Waals surface area contributed by atoms with Crippen molar-refractivity contribution in [2.45, 2.75) is 75.0 Å². The number of rotatable bonds is 9. The van der Waals surface area contributed by atoms with E-state index in [1.165, 1.54) is 0 Å². The van der Waals surface area contributed by atoms with Gasteiger partial charge in [-0.1, -0.05) is 33.6 Å². The topological polar surface area (TPSA) is 98.7 Å². The van der Waals surface area contributed by atoms with Crippen LogP contribution in [0.25, 0.3) is 0 Å². The third-order valence-corrected chi connectivity index (χ3v) is 9.16. The average Bonchev–Trinajstić information content (AvgIpc) is 3.36. The van der Waals surface area contributed by atoms with Crippen LogP contribution in [0.2, 0.25) is 0 Å². The molecule has 3 heterocycles. The molecule has 7 atom stereocenters. The first kappa shape index (κ1) is 22.4. The van der Waals surface area contributed by atoms with Crippen LogP contribution in [0, 0.1) is 17.8 Å². The number of aliphatic hydroxyl groups excluding tert-OH is 1. The summed E-state index contributed by atoms with van der Waals surface area (Å²) in [5.41, 5.74) is 0. The highest BCUT2D eigenvalue weighted by Gasteiger charge is 2.74. The van der Waals surface area contributed by atoms with Crippen LogP contribution < -0.4 is 10.6 Å². The van der Waals surface area contributed by atoms with Crippen LogP contribution in [0.4, 0.5) is 0 Å². The van der Waals surface area contributed by atoms with Gasteiger partial charge >= 0.3 is 0 Å². The summed E-state index contributed by atoms with van der Waals surface area (Å²) in [7, 11) is 1.60. The van der Waals surface area contributed by atoms with Crippen LogP contribution in [0.5, 0.6) is 0 Å². The molecule has 2 unspecified atom stereocenters. The third kappa shape index (κ3) is 3.46. The maximum atomic E-state index is 13.7. The molecule has 3 aliphatic heterocycles. The van der Waals surface area contributed by atoms with E-state index in [1.54, 1.807) is 23.7 Å². The number of carbonyl (C=O) groups excluding carboxylic acids is 3. The largest absolute Gasteiger partial charge is 0.394 e. The van der Waals surface area contributed by atoms with E-state index in [0.29, 0.717) is 6.54 Å². The molecule has 3 saturated heterocycles. The smallest absolute Gasteiger partial charge is 0.244 e. The number of unbranched alkanes of at least 4 members (excludes halogenated alkanes) is 1. The first-order chi connectivity index (χ1) is 13.9. The fourth-order valence-corrected chi connectivity index (χ4v) is 7.72. The molecule has 0 aromatic carbocycles. The minimum atomic E-state index is -0.632. The molecule has 2 bridgehead atoms. The molecule has 29 heavy (non-hydrogen) atoms. The molecule has 3 fully saturated rings. The quantitative estimate of drug-likeness (QED) is 0.481. The minimum absolute atomic E-state index is 0.0609. The van der Waals surface area contributed by atoms with Crippen molar-refractivity contribution < 1.29 is 19.5 Å². The highest BCUT2D eigenvalue weighted by Crippen LogP contribution is 2.66. The van der Waals surface area contributed by atoms with E-state index in [9.17, 15) is 19.5 Å². The Labute approximate surface area is 177 Å². The van der Waals surface area contributed by atoms with Crippen molar-refractivity contribution in [3.8, 4) is 0 Å². The van der Waals surface area contributed by atoms with Crippen molar-refractivity contribution >= 4 is 29.5 Å². The molecule has 0 saturated carbocycles. The second kappa shape index (κ2) is 8.84. The van der Waals surface area contributed by atoms with Crippen molar-refractivity contribution in [1.82, 2.24) is 15.5 Å². The van der Waals surface area contributed by atoms with Crippen LogP contribution in [0.15, 0.2) is 0 Å². The average molecular weight is 426 g/mol. The molecule has 0 radical (unpaired) electrons. The van der Waals surface area contributed by atoms with Crippen molar-refractivity contribution in [2.24, 2.45) is 17.8 Å². The molecule has 164 valence electrons.